The lowest BCUT2D eigenvalue weighted by molar-refractivity contribution is -0.142. The summed E-state index contributed by atoms with van der Waals surface area (Å²) in [6, 6.07) is 2.21. The van der Waals surface area contributed by atoms with Gasteiger partial charge in [0.2, 0.25) is 17.7 Å². The fourth-order valence-corrected chi connectivity index (χ4v) is 3.80. The number of aliphatic carboxylic acids is 1. The maximum absolute atomic E-state index is 13.3. The number of carbonyl (C=O) groups excluding carboxylic acids is 3. The largest absolute Gasteiger partial charge is 0.508 e. The molecule has 10 nitrogen and oxygen atoms in total. The lowest BCUT2D eigenvalue weighted by Gasteiger charge is -2.27. The topological polar surface area (TPSA) is 171 Å². The van der Waals surface area contributed by atoms with Gasteiger partial charge in [0, 0.05) is 6.42 Å². The molecule has 0 saturated carbocycles. The van der Waals surface area contributed by atoms with Crippen LogP contribution in [-0.2, 0) is 25.6 Å². The molecule has 0 aliphatic heterocycles. The van der Waals surface area contributed by atoms with Gasteiger partial charge in [-0.2, -0.15) is 0 Å². The first-order valence-electron chi connectivity index (χ1n) is 12.9. The van der Waals surface area contributed by atoms with Crippen LogP contribution >= 0.6 is 0 Å². The first-order valence-corrected chi connectivity index (χ1v) is 12.9. The average Bonchev–Trinajstić information content (AvgIpc) is 2.82. The van der Waals surface area contributed by atoms with Gasteiger partial charge in [0.1, 0.15) is 23.9 Å². The number of carbonyl (C=O) groups is 4. The number of carboxylic acids is 1. The third-order valence-corrected chi connectivity index (χ3v) is 6.23. The second-order valence-corrected chi connectivity index (χ2v) is 10.6. The van der Waals surface area contributed by atoms with E-state index in [0.29, 0.717) is 18.4 Å². The third kappa shape index (κ3) is 11.2. The quantitative estimate of drug-likeness (QED) is 0.205. The molecule has 5 unspecified atom stereocenters. The molecule has 7 N–H and O–H groups in total. The first kappa shape index (κ1) is 31.9. The third-order valence-electron chi connectivity index (χ3n) is 6.23. The number of hydrogen-bond donors (Lipinski definition) is 6. The van der Waals surface area contributed by atoms with E-state index in [9.17, 15) is 29.4 Å². The van der Waals surface area contributed by atoms with Crippen molar-refractivity contribution in [2.75, 3.05) is 0 Å². The predicted octanol–water partition coefficient (Wildman–Crippen LogP) is 1.94. The summed E-state index contributed by atoms with van der Waals surface area (Å²) in [7, 11) is 0. The van der Waals surface area contributed by atoms with Crippen LogP contribution in [0.15, 0.2) is 24.3 Å². The Morgan fingerprint density at radius 2 is 1.24 bits per heavy atom. The molecule has 1 rings (SSSR count). The highest BCUT2D eigenvalue weighted by molar-refractivity contribution is 5.94. The fourth-order valence-electron chi connectivity index (χ4n) is 3.80. The van der Waals surface area contributed by atoms with Crippen LogP contribution in [0.4, 0.5) is 0 Å². The molecular formula is C27H44N4O6. The lowest BCUT2D eigenvalue weighted by atomic mass is 9.97. The summed E-state index contributed by atoms with van der Waals surface area (Å²) >= 11 is 0. The Bertz CT molecular complexity index is 903. The Kier molecular flexibility index (Phi) is 13.1. The summed E-state index contributed by atoms with van der Waals surface area (Å²) in [4.78, 5) is 51.0. The maximum atomic E-state index is 13.3. The van der Waals surface area contributed by atoms with Gasteiger partial charge in [-0.3, -0.25) is 14.4 Å². The molecule has 0 radical (unpaired) electrons. The molecule has 3 amide bonds. The molecule has 0 aromatic heterocycles. The zero-order valence-corrected chi connectivity index (χ0v) is 22.8. The first-order chi connectivity index (χ1) is 17.2. The fraction of sp³-hybridized carbons (Fsp3) is 0.630. The molecule has 1 aromatic rings. The minimum absolute atomic E-state index is 0.0203. The minimum atomic E-state index is -1.17. The highest BCUT2D eigenvalue weighted by Gasteiger charge is 2.31. The highest BCUT2D eigenvalue weighted by atomic mass is 16.4. The molecule has 0 aliphatic carbocycles. The van der Waals surface area contributed by atoms with Gasteiger partial charge in [0.15, 0.2) is 0 Å². The van der Waals surface area contributed by atoms with Crippen LogP contribution in [0.5, 0.6) is 5.75 Å². The molecular weight excluding hydrogens is 476 g/mol. The Morgan fingerprint density at radius 3 is 1.73 bits per heavy atom. The summed E-state index contributed by atoms with van der Waals surface area (Å²) in [5.41, 5.74) is 6.70. The number of aromatic hydroxyl groups is 1. The van der Waals surface area contributed by atoms with Crippen molar-refractivity contribution in [2.45, 2.75) is 91.4 Å². The van der Waals surface area contributed by atoms with Gasteiger partial charge >= 0.3 is 5.97 Å². The summed E-state index contributed by atoms with van der Waals surface area (Å²) < 4.78 is 0. The summed E-state index contributed by atoms with van der Waals surface area (Å²) in [6.45, 7) is 11.3. The van der Waals surface area contributed by atoms with Crippen molar-refractivity contribution in [3.63, 3.8) is 0 Å². The highest BCUT2D eigenvalue weighted by Crippen LogP contribution is 2.14. The number of phenols is 1. The Morgan fingerprint density at radius 1 is 0.784 bits per heavy atom. The van der Waals surface area contributed by atoms with Gasteiger partial charge in [-0.1, -0.05) is 60.1 Å². The van der Waals surface area contributed by atoms with Crippen LogP contribution in [0.3, 0.4) is 0 Å². The van der Waals surface area contributed by atoms with Gasteiger partial charge in [0.25, 0.3) is 0 Å². The summed E-state index contributed by atoms with van der Waals surface area (Å²) in [6.07, 6.45) is 1.30. The van der Waals surface area contributed by atoms with Crippen molar-refractivity contribution in [3.8, 4) is 5.75 Å². The second kappa shape index (κ2) is 15.2. The van der Waals surface area contributed by atoms with Crippen molar-refractivity contribution in [3.05, 3.63) is 29.8 Å². The Balaban J connectivity index is 3.18. The summed E-state index contributed by atoms with van der Waals surface area (Å²) in [5.74, 6) is -2.78. The van der Waals surface area contributed by atoms with Crippen molar-refractivity contribution in [1.29, 1.82) is 0 Å². The van der Waals surface area contributed by atoms with E-state index >= 15 is 0 Å². The van der Waals surface area contributed by atoms with Crippen molar-refractivity contribution >= 4 is 23.7 Å². The van der Waals surface area contributed by atoms with Gasteiger partial charge in [-0.05, 0) is 48.3 Å². The number of rotatable bonds is 15. The number of amides is 3. The molecule has 1 aromatic carbocycles. The Hall–Kier alpha value is -3.14. The summed E-state index contributed by atoms with van der Waals surface area (Å²) in [5, 5.41) is 27.1. The molecule has 10 heteroatoms. The van der Waals surface area contributed by atoms with Crippen LogP contribution in [0.25, 0.3) is 0 Å². The molecule has 0 heterocycles. The van der Waals surface area contributed by atoms with E-state index in [2.05, 4.69) is 16.0 Å². The van der Waals surface area contributed by atoms with Crippen LogP contribution in [0, 0.1) is 17.8 Å². The standard InChI is InChI=1S/C27H44N4O6/c1-7-17(6)23(28)26(35)30-20(12-15(2)3)24(33)29-21(14-18-8-10-19(32)11-9-18)25(34)31-22(27(36)37)13-16(4)5/h8-11,15-17,20-23,32H,7,12-14,28H2,1-6H3,(H,29,33)(H,30,35)(H,31,34)(H,36,37). The van der Waals surface area contributed by atoms with Gasteiger partial charge < -0.3 is 31.9 Å². The van der Waals surface area contributed by atoms with E-state index < -0.39 is 47.9 Å². The predicted molar refractivity (Wildman–Crippen MR) is 142 cm³/mol. The molecule has 5 atom stereocenters. The van der Waals surface area contributed by atoms with Gasteiger partial charge in [0.05, 0.1) is 6.04 Å². The van der Waals surface area contributed by atoms with Crippen molar-refractivity contribution < 1.29 is 29.4 Å². The minimum Gasteiger partial charge on any atom is -0.508 e. The van der Waals surface area contributed by atoms with Crippen LogP contribution in [0.2, 0.25) is 0 Å². The van der Waals surface area contributed by atoms with Crippen LogP contribution < -0.4 is 21.7 Å². The zero-order chi connectivity index (χ0) is 28.3. The van der Waals surface area contributed by atoms with Gasteiger partial charge in [-0.15, -0.1) is 0 Å². The van der Waals surface area contributed by atoms with E-state index in [-0.39, 0.29) is 36.3 Å². The smallest absolute Gasteiger partial charge is 0.326 e. The second-order valence-electron chi connectivity index (χ2n) is 10.6. The van der Waals surface area contributed by atoms with Gasteiger partial charge in [-0.25, -0.2) is 4.79 Å². The Labute approximate surface area is 219 Å². The average molecular weight is 521 g/mol. The molecule has 208 valence electrons. The SMILES string of the molecule is CCC(C)C(N)C(=O)NC(CC(C)C)C(=O)NC(Cc1ccc(O)cc1)C(=O)NC(CC(C)C)C(=O)O. The normalized spacial score (nSPS) is 15.4. The molecule has 0 saturated heterocycles. The molecule has 0 aliphatic rings. The van der Waals surface area contributed by atoms with E-state index in [1.807, 2.05) is 41.5 Å². The van der Waals surface area contributed by atoms with Crippen molar-refractivity contribution in [1.82, 2.24) is 16.0 Å². The number of hydrogen-bond acceptors (Lipinski definition) is 6. The molecule has 0 spiro atoms. The van der Waals surface area contributed by atoms with E-state index in [1.165, 1.54) is 12.1 Å². The van der Waals surface area contributed by atoms with Crippen LogP contribution in [-0.4, -0.2) is 58.1 Å². The van der Waals surface area contributed by atoms with E-state index in [1.54, 1.807) is 12.1 Å². The zero-order valence-electron chi connectivity index (χ0n) is 22.8. The van der Waals surface area contributed by atoms with Crippen molar-refractivity contribution in [2.24, 2.45) is 23.5 Å². The number of carboxylic acid groups (broad SMARTS) is 1. The number of benzene rings is 1. The molecule has 0 bridgehead atoms. The number of nitrogens with one attached hydrogen (secondary N) is 3. The maximum Gasteiger partial charge on any atom is 0.326 e. The molecule has 0 fully saturated rings. The number of nitrogens with two attached hydrogens (primary N) is 1. The lowest BCUT2D eigenvalue weighted by Crippen LogP contribution is -2.58. The van der Waals surface area contributed by atoms with E-state index in [0.717, 1.165) is 0 Å². The van der Waals surface area contributed by atoms with E-state index in [4.69, 9.17) is 5.73 Å². The monoisotopic (exact) mass is 520 g/mol. The molecule has 37 heavy (non-hydrogen) atoms. The number of phenolic OH excluding ortho intramolecular Hbond substituents is 1. The van der Waals surface area contributed by atoms with Crippen LogP contribution in [0.1, 0.15) is 66.4 Å².